The molecular weight excluding hydrogens is 419 g/mol. The fraction of sp³-hybridized carbons (Fsp3) is 0.143. The first-order chi connectivity index (χ1) is 13.7. The number of nitriles is 1. The molecule has 0 radical (unpaired) electrons. The van der Waals surface area contributed by atoms with Crippen LogP contribution in [0.1, 0.15) is 21.7 Å². The van der Waals surface area contributed by atoms with Crippen LogP contribution < -0.4 is 5.32 Å². The Morgan fingerprint density at radius 1 is 1.17 bits per heavy atom. The molecule has 0 saturated heterocycles. The summed E-state index contributed by atoms with van der Waals surface area (Å²) in [7, 11) is 0. The molecule has 3 aromatic rings. The number of halogens is 4. The zero-order valence-electron chi connectivity index (χ0n) is 15.4. The maximum absolute atomic E-state index is 13.0. The van der Waals surface area contributed by atoms with Crippen molar-refractivity contribution in [3.05, 3.63) is 74.7 Å². The predicted molar refractivity (Wildman–Crippen MR) is 111 cm³/mol. The molecule has 0 aliphatic rings. The Hall–Kier alpha value is -2.82. The Bertz CT molecular complexity index is 1130. The van der Waals surface area contributed by atoms with E-state index in [2.05, 4.69) is 10.3 Å². The average Bonchev–Trinajstić information content (AvgIpc) is 3.15. The molecule has 1 N–H and O–H groups in total. The zero-order chi connectivity index (χ0) is 21.2. The van der Waals surface area contributed by atoms with Gasteiger partial charge in [-0.05, 0) is 49.2 Å². The largest absolute Gasteiger partial charge is 0.417 e. The molecule has 0 spiro atoms. The quantitative estimate of drug-likeness (QED) is 0.447. The summed E-state index contributed by atoms with van der Waals surface area (Å²) in [6, 6.07) is 11.5. The highest BCUT2D eigenvalue weighted by Gasteiger charge is 2.33. The molecular formula is C21H15ClF3N3S. The molecule has 0 fully saturated rings. The van der Waals surface area contributed by atoms with Crippen LogP contribution in [0.15, 0.2) is 48.0 Å². The van der Waals surface area contributed by atoms with Gasteiger partial charge in [0.2, 0.25) is 0 Å². The number of thiazole rings is 1. The summed E-state index contributed by atoms with van der Waals surface area (Å²) in [6.07, 6.45) is -3.22. The topological polar surface area (TPSA) is 48.7 Å². The van der Waals surface area contributed by atoms with Crippen molar-refractivity contribution in [2.24, 2.45) is 0 Å². The number of anilines is 1. The number of rotatable bonds is 4. The van der Waals surface area contributed by atoms with Crippen molar-refractivity contribution in [3.63, 3.8) is 0 Å². The van der Waals surface area contributed by atoms with Crippen molar-refractivity contribution >= 4 is 34.2 Å². The second-order valence-corrected chi connectivity index (χ2v) is 7.61. The minimum Gasteiger partial charge on any atom is -0.360 e. The standard InChI is InChI=1S/C21H15ClF3N3S/c1-12-3-4-14(7-13(12)2)19-11-29-20(28-19)15(9-26)10-27-16-5-6-18(22)17(8-16)21(23,24)25/h3-8,10-11,27H,1-2H3. The number of nitrogens with one attached hydrogen (secondary N) is 1. The van der Waals surface area contributed by atoms with Gasteiger partial charge in [-0.15, -0.1) is 11.3 Å². The third-order valence-corrected chi connectivity index (χ3v) is 5.52. The molecule has 0 aliphatic carbocycles. The maximum Gasteiger partial charge on any atom is 0.417 e. The van der Waals surface area contributed by atoms with Crippen LogP contribution >= 0.6 is 22.9 Å². The zero-order valence-corrected chi connectivity index (χ0v) is 17.0. The van der Waals surface area contributed by atoms with Gasteiger partial charge in [-0.2, -0.15) is 18.4 Å². The van der Waals surface area contributed by atoms with Crippen LogP contribution in [-0.4, -0.2) is 4.98 Å². The summed E-state index contributed by atoms with van der Waals surface area (Å²) < 4.78 is 39.0. The van der Waals surface area contributed by atoms with Crippen LogP contribution in [0.3, 0.4) is 0 Å². The van der Waals surface area contributed by atoms with Crippen LogP contribution in [0.5, 0.6) is 0 Å². The third kappa shape index (κ3) is 4.78. The van der Waals surface area contributed by atoms with Gasteiger partial charge in [0, 0.05) is 22.8 Å². The third-order valence-electron chi connectivity index (χ3n) is 4.31. The molecule has 0 unspecified atom stereocenters. The fourth-order valence-corrected chi connectivity index (χ4v) is 3.58. The Morgan fingerprint density at radius 3 is 2.59 bits per heavy atom. The number of alkyl halides is 3. The van der Waals surface area contributed by atoms with Gasteiger partial charge in [0.1, 0.15) is 16.6 Å². The number of hydrogen-bond acceptors (Lipinski definition) is 4. The molecule has 1 heterocycles. The highest BCUT2D eigenvalue weighted by Crippen LogP contribution is 2.36. The molecule has 148 valence electrons. The smallest absolute Gasteiger partial charge is 0.360 e. The second kappa shape index (κ2) is 8.27. The van der Waals surface area contributed by atoms with E-state index in [9.17, 15) is 18.4 Å². The van der Waals surface area contributed by atoms with Crippen molar-refractivity contribution < 1.29 is 13.2 Å². The van der Waals surface area contributed by atoms with Crippen molar-refractivity contribution in [2.75, 3.05) is 5.32 Å². The Kier molecular flexibility index (Phi) is 5.96. The van der Waals surface area contributed by atoms with Crippen molar-refractivity contribution in [1.82, 2.24) is 4.98 Å². The lowest BCUT2D eigenvalue weighted by Gasteiger charge is -2.10. The fourth-order valence-electron chi connectivity index (χ4n) is 2.56. The number of aryl methyl sites for hydroxylation is 2. The highest BCUT2D eigenvalue weighted by molar-refractivity contribution is 7.11. The van der Waals surface area contributed by atoms with E-state index in [1.54, 1.807) is 0 Å². The molecule has 8 heteroatoms. The van der Waals surface area contributed by atoms with Crippen LogP contribution in [-0.2, 0) is 6.18 Å². The van der Waals surface area contributed by atoms with Crippen LogP contribution in [0.25, 0.3) is 16.8 Å². The van der Waals surface area contributed by atoms with Crippen molar-refractivity contribution in [2.45, 2.75) is 20.0 Å². The van der Waals surface area contributed by atoms with Crippen molar-refractivity contribution in [1.29, 1.82) is 5.26 Å². The lowest BCUT2D eigenvalue weighted by molar-refractivity contribution is -0.137. The molecule has 2 aromatic carbocycles. The number of benzene rings is 2. The summed E-state index contributed by atoms with van der Waals surface area (Å²) in [4.78, 5) is 4.49. The molecule has 3 nitrogen and oxygen atoms in total. The summed E-state index contributed by atoms with van der Waals surface area (Å²) in [6.45, 7) is 4.03. The maximum atomic E-state index is 13.0. The van der Waals surface area contributed by atoms with Crippen LogP contribution in [0.4, 0.5) is 18.9 Å². The highest BCUT2D eigenvalue weighted by atomic mass is 35.5. The molecule has 0 aliphatic heterocycles. The summed E-state index contributed by atoms with van der Waals surface area (Å²) >= 11 is 6.91. The van der Waals surface area contributed by atoms with Gasteiger partial charge in [0.25, 0.3) is 0 Å². The average molecular weight is 434 g/mol. The number of allylic oxidation sites excluding steroid dienone is 1. The van der Waals surface area contributed by atoms with E-state index in [1.165, 1.54) is 29.2 Å². The summed E-state index contributed by atoms with van der Waals surface area (Å²) in [5.41, 5.74) is 3.43. The van der Waals surface area contributed by atoms with Gasteiger partial charge >= 0.3 is 6.18 Å². The minimum atomic E-state index is -4.56. The lowest BCUT2D eigenvalue weighted by Crippen LogP contribution is -2.06. The molecule has 0 bridgehead atoms. The number of nitrogens with zero attached hydrogens (tertiary/aromatic N) is 2. The Labute approximate surface area is 175 Å². The van der Waals surface area contributed by atoms with Crippen LogP contribution in [0, 0.1) is 25.2 Å². The van der Waals surface area contributed by atoms with Gasteiger partial charge < -0.3 is 5.32 Å². The second-order valence-electron chi connectivity index (χ2n) is 6.34. The first-order valence-electron chi connectivity index (χ1n) is 8.46. The lowest BCUT2D eigenvalue weighted by atomic mass is 10.1. The summed E-state index contributed by atoms with van der Waals surface area (Å²) in [5.74, 6) is 0. The van der Waals surface area contributed by atoms with E-state index in [0.29, 0.717) is 5.01 Å². The SMILES string of the molecule is Cc1ccc(-c2csc(C(C#N)=CNc3ccc(Cl)c(C(F)(F)F)c3)n2)cc1C. The van der Waals surface area contributed by atoms with Gasteiger partial charge in [0.15, 0.2) is 0 Å². The molecule has 0 saturated carbocycles. The van der Waals surface area contributed by atoms with Gasteiger partial charge in [-0.3, -0.25) is 0 Å². The van der Waals surface area contributed by atoms with Crippen molar-refractivity contribution in [3.8, 4) is 17.3 Å². The Balaban J connectivity index is 1.85. The van der Waals surface area contributed by atoms with E-state index in [4.69, 9.17) is 11.6 Å². The number of aromatic nitrogens is 1. The van der Waals surface area contributed by atoms with Crippen LogP contribution in [0.2, 0.25) is 5.02 Å². The molecule has 0 amide bonds. The molecule has 3 rings (SSSR count). The molecule has 1 aromatic heterocycles. The van der Waals surface area contributed by atoms with Gasteiger partial charge in [-0.1, -0.05) is 23.7 Å². The molecule has 0 atom stereocenters. The monoisotopic (exact) mass is 433 g/mol. The minimum absolute atomic E-state index is 0.167. The Morgan fingerprint density at radius 2 is 1.93 bits per heavy atom. The summed E-state index contributed by atoms with van der Waals surface area (Å²) in [5, 5.41) is 14.1. The van der Waals surface area contributed by atoms with E-state index in [1.807, 2.05) is 43.5 Å². The van der Waals surface area contributed by atoms with Gasteiger partial charge in [-0.25, -0.2) is 4.98 Å². The molecule has 29 heavy (non-hydrogen) atoms. The van der Waals surface area contributed by atoms with Gasteiger partial charge in [0.05, 0.1) is 16.3 Å². The first kappa shape index (κ1) is 20.9. The van der Waals surface area contributed by atoms with E-state index in [0.717, 1.165) is 29.0 Å². The predicted octanol–water partition coefficient (Wildman–Crippen LogP) is 7.08. The van der Waals surface area contributed by atoms with E-state index >= 15 is 0 Å². The normalized spacial score (nSPS) is 12.0. The number of hydrogen-bond donors (Lipinski definition) is 1. The first-order valence-corrected chi connectivity index (χ1v) is 9.72. The van der Waals surface area contributed by atoms with E-state index in [-0.39, 0.29) is 16.3 Å². The van der Waals surface area contributed by atoms with E-state index < -0.39 is 11.7 Å².